The first-order valence-corrected chi connectivity index (χ1v) is 6.47. The second kappa shape index (κ2) is 10.8. The van der Waals surface area contributed by atoms with E-state index >= 15 is 0 Å². The van der Waals surface area contributed by atoms with Gasteiger partial charge in [-0.15, -0.1) is 0 Å². The SMILES string of the molecule is CCC=CC(C)CCCCCCCC. The van der Waals surface area contributed by atoms with Crippen LogP contribution < -0.4 is 0 Å². The zero-order valence-electron chi connectivity index (χ0n) is 10.4. The minimum atomic E-state index is 0.793. The van der Waals surface area contributed by atoms with Gasteiger partial charge < -0.3 is 0 Å². The summed E-state index contributed by atoms with van der Waals surface area (Å²) in [5, 5.41) is 0. The Morgan fingerprint density at radius 1 is 0.929 bits per heavy atom. The van der Waals surface area contributed by atoms with E-state index < -0.39 is 0 Å². The second-order valence-corrected chi connectivity index (χ2v) is 4.37. The monoisotopic (exact) mass is 196 g/mol. The van der Waals surface area contributed by atoms with Crippen LogP contribution in [0.2, 0.25) is 0 Å². The van der Waals surface area contributed by atoms with Crippen molar-refractivity contribution in [1.82, 2.24) is 0 Å². The molecule has 0 spiro atoms. The van der Waals surface area contributed by atoms with Gasteiger partial charge in [-0.05, 0) is 18.8 Å². The summed E-state index contributed by atoms with van der Waals surface area (Å²) < 4.78 is 0. The van der Waals surface area contributed by atoms with Gasteiger partial charge in [0.05, 0.1) is 0 Å². The highest BCUT2D eigenvalue weighted by Crippen LogP contribution is 2.12. The summed E-state index contributed by atoms with van der Waals surface area (Å²) in [4.78, 5) is 0. The highest BCUT2D eigenvalue weighted by molar-refractivity contribution is 4.84. The van der Waals surface area contributed by atoms with E-state index in [-0.39, 0.29) is 0 Å². The van der Waals surface area contributed by atoms with E-state index in [2.05, 4.69) is 32.9 Å². The maximum Gasteiger partial charge on any atom is -0.0262 e. The lowest BCUT2D eigenvalue weighted by Gasteiger charge is -2.05. The van der Waals surface area contributed by atoms with Crippen LogP contribution in [0.3, 0.4) is 0 Å². The minimum Gasteiger partial charge on any atom is -0.0885 e. The van der Waals surface area contributed by atoms with Crippen molar-refractivity contribution in [2.24, 2.45) is 5.92 Å². The molecule has 0 nitrogen and oxygen atoms in total. The smallest absolute Gasteiger partial charge is 0.0262 e. The van der Waals surface area contributed by atoms with Crippen LogP contribution in [-0.2, 0) is 0 Å². The number of hydrogen-bond donors (Lipinski definition) is 0. The molecule has 14 heavy (non-hydrogen) atoms. The third kappa shape index (κ3) is 9.83. The normalized spacial score (nSPS) is 13.6. The average molecular weight is 196 g/mol. The summed E-state index contributed by atoms with van der Waals surface area (Å²) in [6.07, 6.45) is 15.7. The van der Waals surface area contributed by atoms with Gasteiger partial charge in [0.2, 0.25) is 0 Å². The Balaban J connectivity index is 3.14. The van der Waals surface area contributed by atoms with Crippen molar-refractivity contribution in [3.8, 4) is 0 Å². The molecule has 0 saturated carbocycles. The van der Waals surface area contributed by atoms with Crippen LogP contribution >= 0.6 is 0 Å². The summed E-state index contributed by atoms with van der Waals surface area (Å²) in [7, 11) is 0. The van der Waals surface area contributed by atoms with Crippen LogP contribution in [0.15, 0.2) is 12.2 Å². The molecule has 0 fully saturated rings. The Hall–Kier alpha value is -0.260. The van der Waals surface area contributed by atoms with Crippen LogP contribution in [0.25, 0.3) is 0 Å². The predicted molar refractivity (Wildman–Crippen MR) is 66.6 cm³/mol. The van der Waals surface area contributed by atoms with E-state index in [0.717, 1.165) is 5.92 Å². The topological polar surface area (TPSA) is 0 Å². The van der Waals surface area contributed by atoms with Crippen LogP contribution in [0.1, 0.15) is 72.1 Å². The van der Waals surface area contributed by atoms with E-state index in [0.29, 0.717) is 0 Å². The Bertz CT molecular complexity index is 124. The molecule has 84 valence electrons. The highest BCUT2D eigenvalue weighted by Gasteiger charge is 1.96. The van der Waals surface area contributed by atoms with Gasteiger partial charge in [-0.2, -0.15) is 0 Å². The molecular formula is C14H28. The van der Waals surface area contributed by atoms with E-state index in [1.54, 1.807) is 0 Å². The van der Waals surface area contributed by atoms with Crippen molar-refractivity contribution in [2.45, 2.75) is 72.1 Å². The lowest BCUT2D eigenvalue weighted by atomic mass is 10.0. The van der Waals surface area contributed by atoms with Crippen LogP contribution in [0, 0.1) is 5.92 Å². The Labute approximate surface area is 90.8 Å². The Morgan fingerprint density at radius 2 is 1.57 bits per heavy atom. The van der Waals surface area contributed by atoms with Gasteiger partial charge >= 0.3 is 0 Å². The molecular weight excluding hydrogens is 168 g/mol. The number of allylic oxidation sites excluding steroid dienone is 2. The Morgan fingerprint density at radius 3 is 2.21 bits per heavy atom. The Kier molecular flexibility index (Phi) is 10.6. The zero-order valence-corrected chi connectivity index (χ0v) is 10.4. The molecule has 0 aromatic carbocycles. The molecule has 0 rings (SSSR count). The van der Waals surface area contributed by atoms with Crippen molar-refractivity contribution in [3.05, 3.63) is 12.2 Å². The van der Waals surface area contributed by atoms with Crippen molar-refractivity contribution >= 4 is 0 Å². The van der Waals surface area contributed by atoms with E-state index in [1.807, 2.05) is 0 Å². The standard InChI is InChI=1S/C14H28/c1-4-6-8-9-10-11-13-14(3)12-7-5-2/h7,12,14H,4-6,8-11,13H2,1-3H3. The molecule has 0 aliphatic rings. The molecule has 0 bridgehead atoms. The molecule has 0 aromatic heterocycles. The number of hydrogen-bond acceptors (Lipinski definition) is 0. The fourth-order valence-corrected chi connectivity index (χ4v) is 1.71. The predicted octanol–water partition coefficient (Wildman–Crippen LogP) is 5.34. The molecule has 0 aliphatic carbocycles. The zero-order chi connectivity index (χ0) is 10.6. The quantitative estimate of drug-likeness (QED) is 0.345. The molecule has 0 amide bonds. The molecule has 0 heteroatoms. The number of unbranched alkanes of at least 4 members (excludes halogenated alkanes) is 5. The second-order valence-electron chi connectivity index (χ2n) is 4.37. The molecule has 0 aliphatic heterocycles. The van der Waals surface area contributed by atoms with Crippen molar-refractivity contribution in [2.75, 3.05) is 0 Å². The largest absolute Gasteiger partial charge is 0.0885 e. The van der Waals surface area contributed by atoms with Gasteiger partial charge in [-0.3, -0.25) is 0 Å². The third-order valence-corrected chi connectivity index (χ3v) is 2.71. The fourth-order valence-electron chi connectivity index (χ4n) is 1.71. The summed E-state index contributed by atoms with van der Waals surface area (Å²) in [6.45, 7) is 6.81. The van der Waals surface area contributed by atoms with E-state index in [1.165, 1.54) is 51.4 Å². The molecule has 0 heterocycles. The van der Waals surface area contributed by atoms with Gasteiger partial charge in [0, 0.05) is 0 Å². The van der Waals surface area contributed by atoms with Gasteiger partial charge in [0.15, 0.2) is 0 Å². The van der Waals surface area contributed by atoms with Crippen molar-refractivity contribution in [3.63, 3.8) is 0 Å². The van der Waals surface area contributed by atoms with Crippen molar-refractivity contribution in [1.29, 1.82) is 0 Å². The van der Waals surface area contributed by atoms with Gasteiger partial charge in [-0.25, -0.2) is 0 Å². The first kappa shape index (κ1) is 13.7. The maximum absolute atomic E-state index is 2.37. The summed E-state index contributed by atoms with van der Waals surface area (Å²) in [5.41, 5.74) is 0. The molecule has 0 aromatic rings. The lowest BCUT2D eigenvalue weighted by Crippen LogP contribution is -1.89. The van der Waals surface area contributed by atoms with E-state index in [9.17, 15) is 0 Å². The van der Waals surface area contributed by atoms with Crippen LogP contribution in [0.5, 0.6) is 0 Å². The molecule has 0 radical (unpaired) electrons. The summed E-state index contributed by atoms with van der Waals surface area (Å²) in [5.74, 6) is 0.793. The third-order valence-electron chi connectivity index (χ3n) is 2.71. The van der Waals surface area contributed by atoms with Gasteiger partial charge in [0.25, 0.3) is 0 Å². The van der Waals surface area contributed by atoms with Gasteiger partial charge in [0.1, 0.15) is 0 Å². The minimum absolute atomic E-state index is 0.793. The van der Waals surface area contributed by atoms with E-state index in [4.69, 9.17) is 0 Å². The first-order valence-electron chi connectivity index (χ1n) is 6.47. The van der Waals surface area contributed by atoms with Crippen molar-refractivity contribution < 1.29 is 0 Å². The molecule has 1 unspecified atom stereocenters. The maximum atomic E-state index is 2.37. The molecule has 0 N–H and O–H groups in total. The summed E-state index contributed by atoms with van der Waals surface area (Å²) in [6, 6.07) is 0. The molecule has 0 saturated heterocycles. The first-order chi connectivity index (χ1) is 6.81. The summed E-state index contributed by atoms with van der Waals surface area (Å²) >= 11 is 0. The molecule has 1 atom stereocenters. The van der Waals surface area contributed by atoms with Crippen LogP contribution in [0.4, 0.5) is 0 Å². The highest BCUT2D eigenvalue weighted by atomic mass is 14.0. The number of rotatable bonds is 9. The average Bonchev–Trinajstić information content (AvgIpc) is 2.20. The van der Waals surface area contributed by atoms with Crippen LogP contribution in [-0.4, -0.2) is 0 Å². The lowest BCUT2D eigenvalue weighted by molar-refractivity contribution is 0.542. The van der Waals surface area contributed by atoms with Gasteiger partial charge in [-0.1, -0.05) is 71.4 Å². The fraction of sp³-hybridized carbons (Fsp3) is 0.857.